The first-order valence-corrected chi connectivity index (χ1v) is 10.1. The molecular formula is C22H18N4O4S. The van der Waals surface area contributed by atoms with Gasteiger partial charge in [-0.2, -0.15) is 0 Å². The van der Waals surface area contributed by atoms with Gasteiger partial charge in [0.2, 0.25) is 0 Å². The first kappa shape index (κ1) is 20.2. The van der Waals surface area contributed by atoms with E-state index in [9.17, 15) is 9.59 Å². The molecule has 4 aromatic rings. The number of nitrogens with one attached hydrogen (secondary N) is 3. The molecule has 2 aromatic heterocycles. The maximum Gasteiger partial charge on any atom is 0.350 e. The van der Waals surface area contributed by atoms with E-state index in [1.165, 1.54) is 18.4 Å². The largest absolute Gasteiger partial charge is 0.465 e. The maximum atomic E-state index is 12.2. The summed E-state index contributed by atoms with van der Waals surface area (Å²) in [5.41, 5.74) is 1.93. The Labute approximate surface area is 181 Å². The number of benzene rings is 2. The zero-order valence-electron chi connectivity index (χ0n) is 16.4. The molecule has 0 aliphatic heterocycles. The Hall–Kier alpha value is -4.11. The molecule has 2 amide bonds. The topological polar surface area (TPSA) is 105 Å². The van der Waals surface area contributed by atoms with Gasteiger partial charge in [0.25, 0.3) is 0 Å². The summed E-state index contributed by atoms with van der Waals surface area (Å²) in [6.07, 6.45) is 3.47. The van der Waals surface area contributed by atoms with Crippen molar-refractivity contribution in [3.05, 3.63) is 77.2 Å². The van der Waals surface area contributed by atoms with Gasteiger partial charge in [-0.1, -0.05) is 0 Å². The number of hydrogen-bond donors (Lipinski definition) is 3. The normalized spacial score (nSPS) is 10.4. The number of rotatable bonds is 6. The van der Waals surface area contributed by atoms with E-state index >= 15 is 0 Å². The van der Waals surface area contributed by atoms with E-state index < -0.39 is 12.0 Å². The highest BCUT2D eigenvalue weighted by Crippen LogP contribution is 2.26. The number of hydrogen-bond acceptors (Lipinski definition) is 6. The highest BCUT2D eigenvalue weighted by Gasteiger charge is 2.15. The van der Waals surface area contributed by atoms with Crippen LogP contribution in [-0.4, -0.2) is 29.1 Å². The molecule has 0 radical (unpaired) electrons. The van der Waals surface area contributed by atoms with Crippen LogP contribution in [0.15, 0.2) is 72.4 Å². The van der Waals surface area contributed by atoms with Crippen LogP contribution >= 0.6 is 11.3 Å². The van der Waals surface area contributed by atoms with Gasteiger partial charge in [-0.15, -0.1) is 11.3 Å². The van der Waals surface area contributed by atoms with Crippen LogP contribution in [0.1, 0.15) is 9.67 Å². The number of amides is 2. The molecule has 156 valence electrons. The molecule has 0 atom stereocenters. The number of imidazole rings is 1. The van der Waals surface area contributed by atoms with Crippen molar-refractivity contribution in [2.24, 2.45) is 0 Å². The van der Waals surface area contributed by atoms with Gasteiger partial charge in [-0.05, 0) is 60.0 Å². The summed E-state index contributed by atoms with van der Waals surface area (Å²) < 4.78 is 10.5. The highest BCUT2D eigenvalue weighted by atomic mass is 32.1. The zero-order valence-corrected chi connectivity index (χ0v) is 17.2. The molecule has 0 fully saturated rings. The molecule has 0 saturated carbocycles. The fourth-order valence-electron chi connectivity index (χ4n) is 2.79. The number of H-pyrrole nitrogens is 1. The van der Waals surface area contributed by atoms with Crippen LogP contribution < -0.4 is 15.4 Å². The zero-order chi connectivity index (χ0) is 21.6. The third-order valence-electron chi connectivity index (χ3n) is 4.26. The molecule has 2 heterocycles. The van der Waals surface area contributed by atoms with E-state index in [0.717, 1.165) is 11.4 Å². The Bertz CT molecular complexity index is 1170. The Kier molecular flexibility index (Phi) is 5.95. The third-order valence-corrected chi connectivity index (χ3v) is 5.15. The molecule has 4 rings (SSSR count). The smallest absolute Gasteiger partial charge is 0.350 e. The molecule has 0 bridgehead atoms. The number of aromatic amines is 1. The molecule has 0 aliphatic rings. The molecule has 0 spiro atoms. The molecule has 0 aliphatic carbocycles. The standard InChI is InChI=1S/C22H18N4O4S/c1-29-21(27)19-18(10-13-31-19)26-22(28)25-15-4-8-17(9-5-15)30-16-6-2-14(3-7-16)20-23-11-12-24-20/h2-13H,1H3,(H,23,24)(H2,25,26,28). The molecule has 8 nitrogen and oxygen atoms in total. The molecule has 3 N–H and O–H groups in total. The van der Waals surface area contributed by atoms with Gasteiger partial charge < -0.3 is 25.1 Å². The van der Waals surface area contributed by atoms with Crippen molar-refractivity contribution < 1.29 is 19.1 Å². The van der Waals surface area contributed by atoms with Gasteiger partial charge in [0.05, 0.1) is 12.8 Å². The maximum absolute atomic E-state index is 12.2. The summed E-state index contributed by atoms with van der Waals surface area (Å²) in [6.45, 7) is 0. The average molecular weight is 434 g/mol. The number of methoxy groups -OCH3 is 1. The number of aromatic nitrogens is 2. The van der Waals surface area contributed by atoms with Crippen molar-refractivity contribution >= 4 is 34.7 Å². The van der Waals surface area contributed by atoms with Crippen molar-refractivity contribution in [2.45, 2.75) is 0 Å². The van der Waals surface area contributed by atoms with Gasteiger partial charge in [0.1, 0.15) is 22.2 Å². The predicted octanol–water partition coefficient (Wildman–Crippen LogP) is 5.36. The highest BCUT2D eigenvalue weighted by molar-refractivity contribution is 7.12. The van der Waals surface area contributed by atoms with Crippen molar-refractivity contribution in [3.8, 4) is 22.9 Å². The monoisotopic (exact) mass is 434 g/mol. The molecular weight excluding hydrogens is 416 g/mol. The number of carbonyl (C=O) groups excluding carboxylic acids is 2. The van der Waals surface area contributed by atoms with Crippen LogP contribution in [0.3, 0.4) is 0 Å². The van der Waals surface area contributed by atoms with Crippen molar-refractivity contribution in [1.82, 2.24) is 9.97 Å². The number of anilines is 2. The number of nitrogens with zero attached hydrogens (tertiary/aromatic N) is 1. The van der Waals surface area contributed by atoms with E-state index in [4.69, 9.17) is 9.47 Å². The van der Waals surface area contributed by atoms with E-state index in [1.54, 1.807) is 48.1 Å². The fraction of sp³-hybridized carbons (Fsp3) is 0.0455. The van der Waals surface area contributed by atoms with Gasteiger partial charge >= 0.3 is 12.0 Å². The lowest BCUT2D eigenvalue weighted by Crippen LogP contribution is -2.20. The third kappa shape index (κ3) is 4.90. The number of carbonyl (C=O) groups is 2. The lowest BCUT2D eigenvalue weighted by atomic mass is 10.2. The summed E-state index contributed by atoms with van der Waals surface area (Å²) in [7, 11) is 1.29. The van der Waals surface area contributed by atoms with E-state index in [1.807, 2.05) is 24.3 Å². The van der Waals surface area contributed by atoms with Gasteiger partial charge in [0, 0.05) is 23.6 Å². The number of thiophene rings is 1. The molecule has 31 heavy (non-hydrogen) atoms. The van der Waals surface area contributed by atoms with Crippen molar-refractivity contribution in [1.29, 1.82) is 0 Å². The van der Waals surface area contributed by atoms with Crippen LogP contribution in [0.5, 0.6) is 11.5 Å². The predicted molar refractivity (Wildman–Crippen MR) is 119 cm³/mol. The summed E-state index contributed by atoms with van der Waals surface area (Å²) in [5, 5.41) is 7.06. The van der Waals surface area contributed by atoms with Crippen LogP contribution in [0.4, 0.5) is 16.2 Å². The molecule has 9 heteroatoms. The summed E-state index contributed by atoms with van der Waals surface area (Å²) in [5.74, 6) is 1.61. The van der Waals surface area contributed by atoms with Gasteiger partial charge in [-0.3, -0.25) is 0 Å². The van der Waals surface area contributed by atoms with Crippen LogP contribution in [0, 0.1) is 0 Å². The van der Waals surface area contributed by atoms with E-state index in [2.05, 4.69) is 20.6 Å². The molecule has 2 aromatic carbocycles. The number of ether oxygens (including phenoxy) is 2. The van der Waals surface area contributed by atoms with Gasteiger partial charge in [0.15, 0.2) is 0 Å². The Balaban J connectivity index is 1.34. The second-order valence-corrected chi connectivity index (χ2v) is 7.24. The lowest BCUT2D eigenvalue weighted by molar-refractivity contribution is 0.0607. The van der Waals surface area contributed by atoms with Crippen LogP contribution in [-0.2, 0) is 4.74 Å². The van der Waals surface area contributed by atoms with E-state index in [0.29, 0.717) is 27.8 Å². The van der Waals surface area contributed by atoms with Gasteiger partial charge in [-0.25, -0.2) is 14.6 Å². The minimum absolute atomic E-state index is 0.333. The minimum Gasteiger partial charge on any atom is -0.465 e. The fourth-order valence-corrected chi connectivity index (χ4v) is 3.56. The quantitative estimate of drug-likeness (QED) is 0.354. The van der Waals surface area contributed by atoms with Crippen LogP contribution in [0.25, 0.3) is 11.4 Å². The van der Waals surface area contributed by atoms with E-state index in [-0.39, 0.29) is 0 Å². The van der Waals surface area contributed by atoms with Crippen LogP contribution in [0.2, 0.25) is 0 Å². The van der Waals surface area contributed by atoms with Crippen molar-refractivity contribution in [3.63, 3.8) is 0 Å². The summed E-state index contributed by atoms with van der Waals surface area (Å²) in [6, 6.07) is 15.7. The van der Waals surface area contributed by atoms with Crippen molar-refractivity contribution in [2.75, 3.05) is 17.7 Å². The SMILES string of the molecule is COC(=O)c1sccc1NC(=O)Nc1ccc(Oc2ccc(-c3ncc[nH]3)cc2)cc1. The average Bonchev–Trinajstić information content (AvgIpc) is 3.47. The number of esters is 1. The first-order valence-electron chi connectivity index (χ1n) is 9.24. The Morgan fingerprint density at radius 2 is 1.68 bits per heavy atom. The summed E-state index contributed by atoms with van der Waals surface area (Å²) >= 11 is 1.19. The Morgan fingerprint density at radius 1 is 0.968 bits per heavy atom. The summed E-state index contributed by atoms with van der Waals surface area (Å²) in [4.78, 5) is 31.5. The lowest BCUT2D eigenvalue weighted by Gasteiger charge is -2.10. The number of urea groups is 1. The second-order valence-electron chi connectivity index (χ2n) is 6.32. The molecule has 0 saturated heterocycles. The molecule has 0 unspecified atom stereocenters. The minimum atomic E-state index is -0.496. The first-order chi connectivity index (χ1) is 15.1. The second kappa shape index (κ2) is 9.14. The Morgan fingerprint density at radius 3 is 2.32 bits per heavy atom.